The fourth-order valence-electron chi connectivity index (χ4n) is 4.86. The van der Waals surface area contributed by atoms with E-state index in [1.165, 1.54) is 13.2 Å². The van der Waals surface area contributed by atoms with Crippen LogP contribution < -0.4 is 9.91 Å². The number of carbonyl (C=O) groups excluding carboxylic acids is 2. The van der Waals surface area contributed by atoms with Crippen molar-refractivity contribution in [3.63, 3.8) is 0 Å². The van der Waals surface area contributed by atoms with E-state index in [4.69, 9.17) is 9.40 Å². The van der Waals surface area contributed by atoms with Crippen molar-refractivity contribution in [2.75, 3.05) is 5.32 Å². The van der Waals surface area contributed by atoms with Crippen molar-refractivity contribution < 1.29 is 19.1 Å². The second kappa shape index (κ2) is 9.55. The molecule has 8 heteroatoms. The Bertz CT molecular complexity index is 1260. The molecule has 3 aromatic rings. The number of carbonyl (C=O) groups is 2. The topological polar surface area (TPSA) is 116 Å². The fourth-order valence-corrected chi connectivity index (χ4v) is 6.65. The maximum absolute atomic E-state index is 12.7. The third-order valence-corrected chi connectivity index (χ3v) is 8.19. The van der Waals surface area contributed by atoms with E-state index < -0.39 is 32.4 Å². The van der Waals surface area contributed by atoms with Crippen LogP contribution in [0.2, 0.25) is 5.32 Å². The predicted octanol–water partition coefficient (Wildman–Crippen LogP) is 2.89. The number of benzene rings is 1. The van der Waals surface area contributed by atoms with E-state index >= 15 is 0 Å². The molecule has 2 N–H and O–H groups in total. The molecule has 0 fully saturated rings. The average molecular weight is 522 g/mol. The third kappa shape index (κ3) is 4.55. The number of hydrogen-bond acceptors (Lipinski definition) is 6. The molecule has 0 aliphatic heterocycles. The maximum atomic E-state index is 12.7. The van der Waals surface area contributed by atoms with Gasteiger partial charge >= 0.3 is 204 Å². The first kappa shape index (κ1) is 23.9. The van der Waals surface area contributed by atoms with Crippen LogP contribution in [0.15, 0.2) is 53.1 Å². The monoisotopic (exact) mass is 523 g/mol. The van der Waals surface area contributed by atoms with Crippen molar-refractivity contribution in [3.05, 3.63) is 76.9 Å². The van der Waals surface area contributed by atoms with Crippen LogP contribution in [-0.4, -0.2) is 42.3 Å². The van der Waals surface area contributed by atoms with Crippen LogP contribution in [-0.2, 0) is 16.0 Å². The number of rotatable bonds is 6. The number of furan rings is 1. The van der Waals surface area contributed by atoms with Crippen molar-refractivity contribution in [2.24, 2.45) is 5.92 Å². The second-order valence-corrected chi connectivity index (χ2v) is 10.7. The van der Waals surface area contributed by atoms with Crippen LogP contribution in [0.1, 0.15) is 47.9 Å². The number of hydrogen-bond donors (Lipinski definition) is 2. The van der Waals surface area contributed by atoms with Gasteiger partial charge < -0.3 is 0 Å². The van der Waals surface area contributed by atoms with Crippen molar-refractivity contribution in [2.45, 2.75) is 44.0 Å². The molecule has 0 bridgehead atoms. The molecule has 3 atom stereocenters. The Balaban J connectivity index is 1.72. The summed E-state index contributed by atoms with van der Waals surface area (Å²) in [6, 6.07) is 15.0. The molecular formula is C26H25N3O4Se. The van der Waals surface area contributed by atoms with Crippen molar-refractivity contribution in [3.8, 4) is 6.07 Å². The summed E-state index contributed by atoms with van der Waals surface area (Å²) in [4.78, 5) is 29.9. The normalized spacial score (nSPS) is 21.4. The van der Waals surface area contributed by atoms with Gasteiger partial charge in [-0.25, -0.2) is 0 Å². The number of fused-ring (bicyclic) bond motifs is 1. The Hall–Kier alpha value is -3.24. The van der Waals surface area contributed by atoms with Crippen molar-refractivity contribution in [1.29, 1.82) is 5.26 Å². The zero-order valence-electron chi connectivity index (χ0n) is 19.2. The van der Waals surface area contributed by atoms with Crippen molar-refractivity contribution >= 4 is 36.9 Å². The summed E-state index contributed by atoms with van der Waals surface area (Å²) in [5, 5.41) is 24.5. The van der Waals surface area contributed by atoms with Crippen LogP contribution in [0.5, 0.6) is 0 Å². The zero-order chi connectivity index (χ0) is 24.5. The first-order valence-corrected chi connectivity index (χ1v) is 13.0. The van der Waals surface area contributed by atoms with Gasteiger partial charge in [0.2, 0.25) is 0 Å². The van der Waals surface area contributed by atoms with Gasteiger partial charge in [0.25, 0.3) is 0 Å². The van der Waals surface area contributed by atoms with Crippen LogP contribution >= 0.6 is 0 Å². The zero-order valence-corrected chi connectivity index (χ0v) is 20.9. The van der Waals surface area contributed by atoms with Gasteiger partial charge in [0.05, 0.1) is 0 Å². The minimum absolute atomic E-state index is 0.148. The minimum atomic E-state index is -1.37. The Morgan fingerprint density at radius 1 is 1.29 bits per heavy atom. The van der Waals surface area contributed by atoms with Crippen LogP contribution in [0.25, 0.3) is 0 Å². The van der Waals surface area contributed by atoms with Gasteiger partial charge in [-0.2, -0.15) is 0 Å². The number of pyridine rings is 1. The van der Waals surface area contributed by atoms with E-state index in [0.29, 0.717) is 32.9 Å². The summed E-state index contributed by atoms with van der Waals surface area (Å²) in [6.07, 6.45) is 1.68. The number of aromatic nitrogens is 1. The summed E-state index contributed by atoms with van der Waals surface area (Å²) in [5.74, 6) is -1.03. The molecule has 34 heavy (non-hydrogen) atoms. The quantitative estimate of drug-likeness (QED) is 0.481. The second-order valence-electron chi connectivity index (χ2n) is 8.70. The fraction of sp³-hybridized carbons (Fsp3) is 0.308. The first-order chi connectivity index (χ1) is 16.2. The molecule has 174 valence electrons. The van der Waals surface area contributed by atoms with Crippen LogP contribution in [0.3, 0.4) is 0 Å². The number of ketones is 1. The van der Waals surface area contributed by atoms with Gasteiger partial charge in [-0.1, -0.05) is 0 Å². The van der Waals surface area contributed by atoms with E-state index in [1.807, 2.05) is 37.3 Å². The predicted molar refractivity (Wildman–Crippen MR) is 128 cm³/mol. The summed E-state index contributed by atoms with van der Waals surface area (Å²) < 4.78 is 6.25. The summed E-state index contributed by atoms with van der Waals surface area (Å²) in [6.45, 7) is 4.95. The molecule has 2 aromatic heterocycles. The molecule has 1 aliphatic carbocycles. The Morgan fingerprint density at radius 3 is 2.65 bits per heavy atom. The third-order valence-electron chi connectivity index (χ3n) is 6.15. The van der Waals surface area contributed by atoms with Gasteiger partial charge in [-0.3, -0.25) is 0 Å². The average Bonchev–Trinajstić information content (AvgIpc) is 3.31. The summed E-state index contributed by atoms with van der Waals surface area (Å²) in [5.41, 5.74) is 1.84. The number of nitrogens with one attached hydrogen (secondary N) is 1. The number of aliphatic hydroxyl groups is 1. The molecule has 1 amide bonds. The number of Topliss-reactive ketones (excluding diaryl/α,β-unsaturated/α-hetero) is 1. The Morgan fingerprint density at radius 2 is 2.03 bits per heavy atom. The number of aryl methyl sites for hydroxylation is 1. The number of nitrogens with zero attached hydrogens (tertiary/aromatic N) is 2. The molecule has 4 rings (SSSR count). The van der Waals surface area contributed by atoms with E-state index in [0.717, 1.165) is 5.56 Å². The van der Waals surface area contributed by atoms with Gasteiger partial charge in [-0.15, -0.1) is 0 Å². The van der Waals surface area contributed by atoms with Crippen molar-refractivity contribution in [1.82, 2.24) is 4.98 Å². The number of para-hydroxylation sites is 1. The molecule has 0 spiro atoms. The number of anilines is 1. The molecule has 0 saturated heterocycles. The van der Waals surface area contributed by atoms with Gasteiger partial charge in [0.1, 0.15) is 0 Å². The van der Waals surface area contributed by atoms with Gasteiger partial charge in [-0.05, 0) is 0 Å². The Labute approximate surface area is 204 Å². The van der Waals surface area contributed by atoms with E-state index in [-0.39, 0.29) is 23.4 Å². The summed E-state index contributed by atoms with van der Waals surface area (Å²) >= 11 is -0.396. The summed E-state index contributed by atoms with van der Waals surface area (Å²) in [7, 11) is 0. The SMILES string of the molecule is CC(=O)C1C(c2ccco2)c2c(C)nc([Se]CC(=O)Nc3ccccc3)c(C#N)c2CC1(C)O. The Kier molecular flexibility index (Phi) is 6.72. The van der Waals surface area contributed by atoms with Crippen LogP contribution in [0, 0.1) is 24.2 Å². The molecular weight excluding hydrogens is 497 g/mol. The molecule has 2 heterocycles. The number of nitriles is 1. The molecule has 0 radical (unpaired) electrons. The standard InChI is InChI=1S/C26H25N3O4Se/c1-15-22-18(12-26(3,32)24(16(2)30)23(22)20-10-7-11-33-20)19(13-27)25(28-15)34-14-21(31)29-17-8-5-4-6-9-17/h4-11,23-24,32H,12,14H2,1-3H3,(H,29,31). The van der Waals surface area contributed by atoms with E-state index in [2.05, 4.69) is 11.4 Å². The van der Waals surface area contributed by atoms with E-state index in [1.54, 1.807) is 19.1 Å². The number of amides is 1. The molecule has 1 aromatic carbocycles. The van der Waals surface area contributed by atoms with Gasteiger partial charge in [0.15, 0.2) is 0 Å². The first-order valence-electron chi connectivity index (χ1n) is 10.9. The van der Waals surface area contributed by atoms with Gasteiger partial charge in [0, 0.05) is 0 Å². The molecule has 1 aliphatic rings. The molecule has 7 nitrogen and oxygen atoms in total. The molecule has 3 unspecified atom stereocenters. The van der Waals surface area contributed by atoms with Crippen LogP contribution in [0.4, 0.5) is 5.69 Å². The molecule has 0 saturated carbocycles. The van der Waals surface area contributed by atoms with E-state index in [9.17, 15) is 20.0 Å².